The van der Waals surface area contributed by atoms with Crippen molar-refractivity contribution in [1.82, 2.24) is 11.0 Å². The first kappa shape index (κ1) is 6.13. The number of nitrogens with one attached hydrogen (secondary N) is 3. The van der Waals surface area contributed by atoms with Gasteiger partial charge in [0.05, 0.1) is 0 Å². The van der Waals surface area contributed by atoms with Crippen LogP contribution in [0.2, 0.25) is 0 Å². The van der Waals surface area contributed by atoms with Crippen molar-refractivity contribution >= 4 is 6.21 Å². The second kappa shape index (κ2) is 5.13. The van der Waals surface area contributed by atoms with E-state index in [-0.39, 0.29) is 0 Å². The zero-order chi connectivity index (χ0) is 5.54. The lowest BCUT2D eigenvalue weighted by Gasteiger charge is -1.89. The lowest BCUT2D eigenvalue weighted by Crippen LogP contribution is -2.33. The molecule has 5 N–H and O–H groups in total. The van der Waals surface area contributed by atoms with Gasteiger partial charge in [-0.3, -0.25) is 5.84 Å². The van der Waals surface area contributed by atoms with E-state index >= 15 is 0 Å². The third-order valence-corrected chi connectivity index (χ3v) is 0.359. The van der Waals surface area contributed by atoms with E-state index in [2.05, 4.69) is 11.0 Å². The average Bonchev–Trinajstić information content (AvgIpc) is 1.69. The first-order chi connectivity index (χ1) is 3.41. The van der Waals surface area contributed by atoms with Crippen molar-refractivity contribution in [2.75, 3.05) is 0 Å². The molecule has 0 aliphatic rings. The Balaban J connectivity index is 2.92. The van der Waals surface area contributed by atoms with Crippen LogP contribution in [0, 0.1) is 5.41 Å². The van der Waals surface area contributed by atoms with Gasteiger partial charge in [0.15, 0.2) is 0 Å². The summed E-state index contributed by atoms with van der Waals surface area (Å²) in [5.41, 5.74) is 4.61. The van der Waals surface area contributed by atoms with Gasteiger partial charge in [0.1, 0.15) is 0 Å². The van der Waals surface area contributed by atoms with Crippen LogP contribution < -0.4 is 16.8 Å². The molecule has 0 bridgehead atoms. The van der Waals surface area contributed by atoms with Crippen molar-refractivity contribution in [3.63, 3.8) is 0 Å². The summed E-state index contributed by atoms with van der Waals surface area (Å²) in [6, 6.07) is 0. The van der Waals surface area contributed by atoms with Gasteiger partial charge in [-0.1, -0.05) is 0 Å². The second-order valence-corrected chi connectivity index (χ2v) is 0.814. The molecule has 4 heteroatoms. The zero-order valence-electron chi connectivity index (χ0n) is 3.81. The van der Waals surface area contributed by atoms with Crippen molar-refractivity contribution in [2.24, 2.45) is 5.84 Å². The Morgan fingerprint density at radius 2 is 2.29 bits per heavy atom. The maximum Gasteiger partial charge on any atom is 0.0192 e. The molecule has 0 unspecified atom stereocenters. The molecule has 0 aromatic heterocycles. The van der Waals surface area contributed by atoms with Crippen LogP contribution in [0.4, 0.5) is 0 Å². The highest BCUT2D eigenvalue weighted by Gasteiger charge is 1.58. The lowest BCUT2D eigenvalue weighted by molar-refractivity contribution is 0.665. The van der Waals surface area contributed by atoms with E-state index < -0.39 is 0 Å². The normalized spacial score (nSPS) is 9.29. The highest BCUT2D eigenvalue weighted by molar-refractivity contribution is 5.67. The van der Waals surface area contributed by atoms with Crippen LogP contribution in [-0.4, -0.2) is 6.21 Å². The molecule has 0 spiro atoms. The van der Waals surface area contributed by atoms with Gasteiger partial charge in [-0.2, -0.15) is 5.53 Å². The summed E-state index contributed by atoms with van der Waals surface area (Å²) >= 11 is 0. The van der Waals surface area contributed by atoms with Crippen LogP contribution in [0.1, 0.15) is 0 Å². The smallest absolute Gasteiger partial charge is 0.0192 e. The molecule has 7 heavy (non-hydrogen) atoms. The van der Waals surface area contributed by atoms with Crippen molar-refractivity contribution in [3.05, 3.63) is 12.3 Å². The largest absolute Gasteiger partial charge is 0.316 e. The number of hydrazine groups is 2. The SMILES string of the molecule is N=C/C=C\NNN. The van der Waals surface area contributed by atoms with Gasteiger partial charge in [0, 0.05) is 12.4 Å². The van der Waals surface area contributed by atoms with Gasteiger partial charge in [-0.15, -0.1) is 0 Å². The predicted octanol–water partition coefficient (Wildman–Crippen LogP) is -0.882. The molecule has 0 aromatic carbocycles. The van der Waals surface area contributed by atoms with Crippen molar-refractivity contribution in [2.45, 2.75) is 0 Å². The maximum absolute atomic E-state index is 6.46. The molecule has 40 valence electrons. The summed E-state index contributed by atoms with van der Waals surface area (Å²) in [5.74, 6) is 4.78. The number of hydrogen-bond acceptors (Lipinski definition) is 4. The van der Waals surface area contributed by atoms with E-state index in [1.165, 1.54) is 12.3 Å². The molecule has 0 aromatic rings. The summed E-state index contributed by atoms with van der Waals surface area (Å²) in [6.07, 6.45) is 4.15. The van der Waals surface area contributed by atoms with Crippen LogP contribution in [0.25, 0.3) is 0 Å². The Hall–Kier alpha value is -0.870. The molecule has 0 fully saturated rings. The minimum atomic E-state index is 1.14. The van der Waals surface area contributed by atoms with Gasteiger partial charge >= 0.3 is 0 Å². The van der Waals surface area contributed by atoms with E-state index in [9.17, 15) is 0 Å². The molecule has 0 saturated carbocycles. The van der Waals surface area contributed by atoms with Crippen molar-refractivity contribution in [3.8, 4) is 0 Å². The van der Waals surface area contributed by atoms with Crippen LogP contribution in [-0.2, 0) is 0 Å². The first-order valence-corrected chi connectivity index (χ1v) is 1.78. The number of rotatable bonds is 3. The summed E-state index contributed by atoms with van der Waals surface area (Å²) in [7, 11) is 0. The van der Waals surface area contributed by atoms with Crippen LogP contribution in [0.3, 0.4) is 0 Å². The third kappa shape index (κ3) is 5.13. The van der Waals surface area contributed by atoms with Gasteiger partial charge in [0.2, 0.25) is 0 Å². The fraction of sp³-hybridized carbons (Fsp3) is 0. The number of hydrogen-bond donors (Lipinski definition) is 4. The van der Waals surface area contributed by atoms with Gasteiger partial charge in [0.25, 0.3) is 0 Å². The molecule has 0 aliphatic carbocycles. The van der Waals surface area contributed by atoms with Gasteiger partial charge < -0.3 is 10.8 Å². The number of nitrogens with two attached hydrogens (primary N) is 1. The van der Waals surface area contributed by atoms with Gasteiger partial charge in [-0.05, 0) is 6.08 Å². The topological polar surface area (TPSA) is 73.9 Å². The molecule has 0 atom stereocenters. The molecule has 0 amide bonds. The van der Waals surface area contributed by atoms with E-state index in [1.54, 1.807) is 0 Å². The van der Waals surface area contributed by atoms with E-state index in [0.29, 0.717) is 0 Å². The average molecular weight is 100 g/mol. The highest BCUT2D eigenvalue weighted by atomic mass is 15.5. The quantitative estimate of drug-likeness (QED) is 0.211. The van der Waals surface area contributed by atoms with E-state index in [1.807, 2.05) is 0 Å². The lowest BCUT2D eigenvalue weighted by atomic mass is 10.7. The Labute approximate surface area is 41.8 Å². The fourth-order valence-corrected chi connectivity index (χ4v) is 0.144. The van der Waals surface area contributed by atoms with Crippen LogP contribution in [0.5, 0.6) is 0 Å². The summed E-state index contributed by atoms with van der Waals surface area (Å²) in [4.78, 5) is 0. The van der Waals surface area contributed by atoms with E-state index in [4.69, 9.17) is 11.3 Å². The molecular weight excluding hydrogens is 92.1 g/mol. The Bertz CT molecular complexity index is 67.3. The molecular formula is C3H8N4. The third-order valence-electron chi connectivity index (χ3n) is 0.359. The highest BCUT2D eigenvalue weighted by Crippen LogP contribution is 1.51. The summed E-state index contributed by atoms with van der Waals surface area (Å²) < 4.78 is 0. The Morgan fingerprint density at radius 1 is 1.57 bits per heavy atom. The summed E-state index contributed by atoms with van der Waals surface area (Å²) in [5, 5.41) is 6.46. The van der Waals surface area contributed by atoms with Crippen molar-refractivity contribution < 1.29 is 0 Å². The predicted molar refractivity (Wildman–Crippen MR) is 28.4 cm³/mol. The monoisotopic (exact) mass is 100 g/mol. The molecule has 0 aliphatic heterocycles. The second-order valence-electron chi connectivity index (χ2n) is 0.814. The molecule has 0 rings (SSSR count). The number of allylic oxidation sites excluding steroid dienone is 1. The Morgan fingerprint density at radius 3 is 2.71 bits per heavy atom. The van der Waals surface area contributed by atoms with Crippen LogP contribution >= 0.6 is 0 Å². The molecule has 0 saturated heterocycles. The minimum absolute atomic E-state index is 1.14. The minimum Gasteiger partial charge on any atom is -0.316 e. The Kier molecular flexibility index (Phi) is 4.49. The molecule has 0 heterocycles. The van der Waals surface area contributed by atoms with Gasteiger partial charge in [-0.25, -0.2) is 0 Å². The van der Waals surface area contributed by atoms with Crippen LogP contribution in [0.15, 0.2) is 12.3 Å². The molecule has 0 radical (unpaired) electrons. The zero-order valence-corrected chi connectivity index (χ0v) is 3.81. The standard InChI is InChI=1S/C3H8N4/c4-2-1-3-6-7-5/h1-4,6-7H,5H2/b3-1-,4-2?. The fourth-order valence-electron chi connectivity index (χ4n) is 0.144. The van der Waals surface area contributed by atoms with Crippen molar-refractivity contribution in [1.29, 1.82) is 5.41 Å². The van der Waals surface area contributed by atoms with E-state index in [0.717, 1.165) is 6.21 Å². The maximum atomic E-state index is 6.46. The molecule has 4 nitrogen and oxygen atoms in total. The summed E-state index contributed by atoms with van der Waals surface area (Å²) in [6.45, 7) is 0. The first-order valence-electron chi connectivity index (χ1n) is 1.78.